The van der Waals surface area contributed by atoms with Gasteiger partial charge in [-0.15, -0.1) is 0 Å². The number of rotatable bonds is 9. The lowest BCUT2D eigenvalue weighted by molar-refractivity contribution is -0.118. The third-order valence-electron chi connectivity index (χ3n) is 4.97. The summed E-state index contributed by atoms with van der Waals surface area (Å²) in [6.45, 7) is 1.21. The van der Waals surface area contributed by atoms with Crippen LogP contribution in [0.3, 0.4) is 0 Å². The van der Waals surface area contributed by atoms with Crippen LogP contribution in [0.4, 0.5) is 11.4 Å². The fourth-order valence-corrected chi connectivity index (χ4v) is 4.46. The van der Waals surface area contributed by atoms with Gasteiger partial charge in [0.15, 0.2) is 6.61 Å². The van der Waals surface area contributed by atoms with Crippen molar-refractivity contribution in [3.8, 4) is 5.75 Å². The lowest BCUT2D eigenvalue weighted by atomic mass is 10.1. The molecule has 0 aliphatic heterocycles. The van der Waals surface area contributed by atoms with Gasteiger partial charge in [0.2, 0.25) is 0 Å². The first-order chi connectivity index (χ1) is 17.5. The highest BCUT2D eigenvalue weighted by Gasteiger charge is 2.18. The van der Waals surface area contributed by atoms with Crippen LogP contribution in [0.15, 0.2) is 65.6 Å². The summed E-state index contributed by atoms with van der Waals surface area (Å²) in [6, 6.07) is 14.4. The molecular weight excluding hydrogens is 524 g/mol. The number of esters is 2. The van der Waals surface area contributed by atoms with E-state index in [0.717, 1.165) is 0 Å². The lowest BCUT2D eigenvalue weighted by Gasteiger charge is -2.13. The number of sulfonamides is 1. The SMILES string of the molecule is COC(=O)c1cc(NC(=O)COc2ccc(S(=O)(=O)Nc3ccc(Cl)cc3)cc2C)cc(C(=O)OC)c1. The van der Waals surface area contributed by atoms with E-state index in [2.05, 4.69) is 19.5 Å². The molecule has 0 aliphatic carbocycles. The van der Waals surface area contributed by atoms with Crippen LogP contribution in [-0.4, -0.2) is 47.1 Å². The Morgan fingerprint density at radius 3 is 1.97 bits per heavy atom. The minimum absolute atomic E-state index is 0.00622. The van der Waals surface area contributed by atoms with E-state index >= 15 is 0 Å². The molecule has 3 rings (SSSR count). The number of aryl methyl sites for hydroxylation is 1. The van der Waals surface area contributed by atoms with Crippen LogP contribution in [0, 0.1) is 6.92 Å². The van der Waals surface area contributed by atoms with Gasteiger partial charge in [-0.2, -0.15) is 0 Å². The quantitative estimate of drug-likeness (QED) is 0.384. The maximum Gasteiger partial charge on any atom is 0.337 e. The van der Waals surface area contributed by atoms with Crippen molar-refractivity contribution in [1.82, 2.24) is 0 Å². The van der Waals surface area contributed by atoms with Gasteiger partial charge < -0.3 is 19.5 Å². The fourth-order valence-electron chi connectivity index (χ4n) is 3.19. The highest BCUT2D eigenvalue weighted by Crippen LogP contribution is 2.24. The molecule has 0 bridgehead atoms. The van der Waals surface area contributed by atoms with Crippen molar-refractivity contribution in [3.63, 3.8) is 0 Å². The van der Waals surface area contributed by atoms with Crippen LogP contribution in [-0.2, 0) is 24.3 Å². The second-order valence-electron chi connectivity index (χ2n) is 7.66. The molecule has 3 aromatic rings. The Balaban J connectivity index is 1.68. The highest BCUT2D eigenvalue weighted by molar-refractivity contribution is 7.92. The van der Waals surface area contributed by atoms with Gasteiger partial charge in [-0.1, -0.05) is 11.6 Å². The average molecular weight is 547 g/mol. The highest BCUT2D eigenvalue weighted by atomic mass is 35.5. The van der Waals surface area contributed by atoms with Crippen molar-refractivity contribution < 1.29 is 37.0 Å². The monoisotopic (exact) mass is 546 g/mol. The minimum atomic E-state index is -3.87. The molecule has 0 atom stereocenters. The van der Waals surface area contributed by atoms with E-state index in [1.54, 1.807) is 19.1 Å². The summed E-state index contributed by atoms with van der Waals surface area (Å²) >= 11 is 5.83. The summed E-state index contributed by atoms with van der Waals surface area (Å²) in [7, 11) is -1.49. The van der Waals surface area contributed by atoms with Crippen molar-refractivity contribution >= 4 is 50.8 Å². The van der Waals surface area contributed by atoms with Gasteiger partial charge in [-0.05, 0) is 73.2 Å². The molecule has 0 saturated heterocycles. The predicted molar refractivity (Wildman–Crippen MR) is 137 cm³/mol. The zero-order valence-corrected chi connectivity index (χ0v) is 21.6. The molecule has 2 N–H and O–H groups in total. The van der Waals surface area contributed by atoms with Crippen LogP contribution in [0.1, 0.15) is 26.3 Å². The zero-order chi connectivity index (χ0) is 27.2. The molecule has 3 aromatic carbocycles. The molecule has 0 aromatic heterocycles. The number of methoxy groups -OCH3 is 2. The molecule has 0 radical (unpaired) electrons. The first-order valence-corrected chi connectivity index (χ1v) is 12.5. The first-order valence-electron chi connectivity index (χ1n) is 10.7. The van der Waals surface area contributed by atoms with Crippen LogP contribution in [0.25, 0.3) is 0 Å². The zero-order valence-electron chi connectivity index (χ0n) is 20.0. The molecule has 0 fully saturated rings. The normalized spacial score (nSPS) is 10.8. The molecule has 0 spiro atoms. The largest absolute Gasteiger partial charge is 0.483 e. The van der Waals surface area contributed by atoms with Crippen molar-refractivity contribution in [1.29, 1.82) is 0 Å². The first kappa shape index (κ1) is 27.5. The molecule has 0 heterocycles. The van der Waals surface area contributed by atoms with E-state index in [1.165, 1.54) is 62.8 Å². The molecule has 0 unspecified atom stereocenters. The molecular formula is C25H23ClN2O8S. The number of carbonyl (C=O) groups excluding carboxylic acids is 3. The number of hydrogen-bond donors (Lipinski definition) is 2. The number of benzene rings is 3. The summed E-state index contributed by atoms with van der Waals surface area (Å²) in [5.74, 6) is -1.69. The number of anilines is 2. The third kappa shape index (κ3) is 7.21. The maximum absolute atomic E-state index is 12.7. The van der Waals surface area contributed by atoms with Gasteiger partial charge in [-0.3, -0.25) is 9.52 Å². The molecule has 0 aliphatic rings. The second-order valence-corrected chi connectivity index (χ2v) is 9.78. The summed E-state index contributed by atoms with van der Waals surface area (Å²) in [5, 5.41) is 3.02. The Kier molecular flexibility index (Phi) is 8.74. The third-order valence-corrected chi connectivity index (χ3v) is 6.60. The molecule has 10 nitrogen and oxygen atoms in total. The summed E-state index contributed by atoms with van der Waals surface area (Å²) in [4.78, 5) is 36.3. The molecule has 0 saturated carbocycles. The summed E-state index contributed by atoms with van der Waals surface area (Å²) in [6.07, 6.45) is 0. The molecule has 1 amide bonds. The maximum atomic E-state index is 12.7. The van der Waals surface area contributed by atoms with Crippen LogP contribution in [0.5, 0.6) is 5.75 Å². The Hall–Kier alpha value is -4.09. The summed E-state index contributed by atoms with van der Waals surface area (Å²) in [5.41, 5.74) is 1.07. The topological polar surface area (TPSA) is 137 Å². The predicted octanol–water partition coefficient (Wildman–Crippen LogP) is 4.04. The Morgan fingerprint density at radius 1 is 0.838 bits per heavy atom. The fraction of sp³-hybridized carbons (Fsp3) is 0.160. The molecule has 12 heteroatoms. The van der Waals surface area contributed by atoms with Crippen molar-refractivity contribution in [3.05, 3.63) is 82.4 Å². The Labute approximate surface area is 218 Å². The van der Waals surface area contributed by atoms with E-state index in [9.17, 15) is 22.8 Å². The Bertz CT molecular complexity index is 1410. The van der Waals surface area contributed by atoms with Gasteiger partial charge in [0, 0.05) is 16.4 Å². The van der Waals surface area contributed by atoms with E-state index in [1.807, 2.05) is 0 Å². The number of nitrogens with one attached hydrogen (secondary N) is 2. The van der Waals surface area contributed by atoms with Crippen molar-refractivity contribution in [2.24, 2.45) is 0 Å². The number of halogens is 1. The van der Waals surface area contributed by atoms with E-state index in [0.29, 0.717) is 22.0 Å². The standard InChI is InChI=1S/C25H23ClN2O8S/c1-15-10-21(37(32,33)28-19-6-4-18(26)5-7-19)8-9-22(15)36-14-23(29)27-20-12-16(24(30)34-2)11-17(13-20)25(31)35-3/h4-13,28H,14H2,1-3H3,(H,27,29). The average Bonchev–Trinajstić information content (AvgIpc) is 2.87. The van der Waals surface area contributed by atoms with E-state index < -0.39 is 34.5 Å². The van der Waals surface area contributed by atoms with Crippen LogP contribution < -0.4 is 14.8 Å². The number of hydrogen-bond acceptors (Lipinski definition) is 8. The second kappa shape index (κ2) is 11.8. The Morgan fingerprint density at radius 2 is 1.43 bits per heavy atom. The van der Waals surface area contributed by atoms with Gasteiger partial charge in [0.1, 0.15) is 5.75 Å². The number of amides is 1. The van der Waals surface area contributed by atoms with Gasteiger partial charge in [0.25, 0.3) is 15.9 Å². The molecule has 37 heavy (non-hydrogen) atoms. The van der Waals surface area contributed by atoms with Crippen molar-refractivity contribution in [2.45, 2.75) is 11.8 Å². The molecule has 194 valence electrons. The lowest BCUT2D eigenvalue weighted by Crippen LogP contribution is -2.21. The number of ether oxygens (including phenoxy) is 3. The van der Waals surface area contributed by atoms with Gasteiger partial charge in [0.05, 0.1) is 30.2 Å². The van der Waals surface area contributed by atoms with E-state index in [-0.39, 0.29) is 21.7 Å². The van der Waals surface area contributed by atoms with Gasteiger partial charge in [-0.25, -0.2) is 18.0 Å². The van der Waals surface area contributed by atoms with Gasteiger partial charge >= 0.3 is 11.9 Å². The minimum Gasteiger partial charge on any atom is -0.483 e. The smallest absolute Gasteiger partial charge is 0.337 e. The summed E-state index contributed by atoms with van der Waals surface area (Å²) < 4.78 is 42.7. The van der Waals surface area contributed by atoms with Crippen LogP contribution >= 0.6 is 11.6 Å². The van der Waals surface area contributed by atoms with E-state index in [4.69, 9.17) is 16.3 Å². The van der Waals surface area contributed by atoms with Crippen LogP contribution in [0.2, 0.25) is 5.02 Å². The van der Waals surface area contributed by atoms with Crippen molar-refractivity contribution in [2.75, 3.05) is 30.9 Å². The number of carbonyl (C=O) groups is 3.